The van der Waals surface area contributed by atoms with Crippen LogP contribution in [0.2, 0.25) is 15.1 Å². The summed E-state index contributed by atoms with van der Waals surface area (Å²) < 4.78 is 5.77. The second-order valence-corrected chi connectivity index (χ2v) is 10.5. The van der Waals surface area contributed by atoms with Gasteiger partial charge in [-0.05, 0) is 67.3 Å². The molecule has 202 valence electrons. The molecule has 3 rings (SSSR count). The maximum atomic E-state index is 13.7. The maximum absolute atomic E-state index is 13.7. The molecule has 0 aliphatic carbocycles. The van der Waals surface area contributed by atoms with Crippen molar-refractivity contribution in [1.82, 2.24) is 10.2 Å². The zero-order chi connectivity index (χ0) is 27.5. The number of rotatable bonds is 13. The molecular formula is C30H33Cl3N2O3. The lowest BCUT2D eigenvalue weighted by atomic mass is 10.0. The van der Waals surface area contributed by atoms with E-state index in [1.807, 2.05) is 44.2 Å². The summed E-state index contributed by atoms with van der Waals surface area (Å²) in [6, 6.07) is 21.2. The zero-order valence-corrected chi connectivity index (χ0v) is 23.9. The molecule has 5 nitrogen and oxygen atoms in total. The van der Waals surface area contributed by atoms with Gasteiger partial charge in [0.05, 0.1) is 6.61 Å². The molecule has 0 bridgehead atoms. The van der Waals surface area contributed by atoms with Crippen molar-refractivity contribution in [3.63, 3.8) is 0 Å². The maximum Gasteiger partial charge on any atom is 0.243 e. The first-order valence-corrected chi connectivity index (χ1v) is 13.9. The van der Waals surface area contributed by atoms with E-state index in [2.05, 4.69) is 5.32 Å². The van der Waals surface area contributed by atoms with Crippen molar-refractivity contribution in [3.05, 3.63) is 99.0 Å². The second kappa shape index (κ2) is 15.0. The molecule has 1 N–H and O–H groups in total. The first kappa shape index (κ1) is 29.8. The van der Waals surface area contributed by atoms with E-state index in [-0.39, 0.29) is 30.8 Å². The van der Waals surface area contributed by atoms with E-state index < -0.39 is 6.04 Å². The van der Waals surface area contributed by atoms with Crippen molar-refractivity contribution >= 4 is 46.6 Å². The van der Waals surface area contributed by atoms with Crippen molar-refractivity contribution in [1.29, 1.82) is 0 Å². The molecule has 38 heavy (non-hydrogen) atoms. The number of carbonyl (C=O) groups is 2. The molecule has 0 aliphatic rings. The van der Waals surface area contributed by atoms with Gasteiger partial charge >= 0.3 is 0 Å². The van der Waals surface area contributed by atoms with Crippen LogP contribution >= 0.6 is 34.8 Å². The van der Waals surface area contributed by atoms with Crippen molar-refractivity contribution in [2.24, 2.45) is 0 Å². The highest BCUT2D eigenvalue weighted by atomic mass is 35.5. The molecule has 2 amide bonds. The molecule has 0 fully saturated rings. The number of hydrogen-bond donors (Lipinski definition) is 1. The summed E-state index contributed by atoms with van der Waals surface area (Å²) in [7, 11) is 0. The van der Waals surface area contributed by atoms with Gasteiger partial charge in [0, 0.05) is 40.5 Å². The lowest BCUT2D eigenvalue weighted by Gasteiger charge is -2.32. The van der Waals surface area contributed by atoms with Crippen LogP contribution in [0.4, 0.5) is 0 Å². The normalized spacial score (nSPS) is 12.4. The fourth-order valence-electron chi connectivity index (χ4n) is 3.92. The average molecular weight is 576 g/mol. The van der Waals surface area contributed by atoms with Crippen LogP contribution in [0.15, 0.2) is 72.8 Å². The van der Waals surface area contributed by atoms with Crippen LogP contribution in [-0.4, -0.2) is 35.4 Å². The standard InChI is InChI=1S/C30H33Cl3N2O3/c1-3-21(2)34-30(37)28(18-22-8-5-4-6-9-22)35(20-23-11-12-25(32)19-27(23)33)29(36)10-7-17-38-26-15-13-24(31)14-16-26/h4-6,8-9,11-16,19,21,28H,3,7,10,17-18,20H2,1-2H3,(H,34,37)/t21-,28-/m0/s1. The number of ether oxygens (including phenoxy) is 1. The van der Waals surface area contributed by atoms with E-state index in [4.69, 9.17) is 39.5 Å². The number of carbonyl (C=O) groups excluding carboxylic acids is 2. The van der Waals surface area contributed by atoms with Gasteiger partial charge in [0.15, 0.2) is 0 Å². The quantitative estimate of drug-likeness (QED) is 0.217. The van der Waals surface area contributed by atoms with Gasteiger partial charge in [-0.3, -0.25) is 9.59 Å². The number of nitrogens with one attached hydrogen (secondary N) is 1. The zero-order valence-electron chi connectivity index (χ0n) is 21.6. The van der Waals surface area contributed by atoms with Crippen LogP contribution in [0.5, 0.6) is 5.75 Å². The third-order valence-electron chi connectivity index (χ3n) is 6.25. The fourth-order valence-corrected chi connectivity index (χ4v) is 4.51. The van der Waals surface area contributed by atoms with Crippen molar-refractivity contribution < 1.29 is 14.3 Å². The minimum absolute atomic E-state index is 0.0235. The summed E-state index contributed by atoms with van der Waals surface area (Å²) in [6.45, 7) is 4.49. The van der Waals surface area contributed by atoms with Gasteiger partial charge in [-0.15, -0.1) is 0 Å². The van der Waals surface area contributed by atoms with Crippen LogP contribution in [0.1, 0.15) is 44.2 Å². The molecule has 2 atom stereocenters. The summed E-state index contributed by atoms with van der Waals surface area (Å²) in [5.74, 6) is 0.330. The van der Waals surface area contributed by atoms with Crippen LogP contribution in [0.25, 0.3) is 0 Å². The Morgan fingerprint density at radius 1 is 0.947 bits per heavy atom. The number of amides is 2. The molecule has 0 radical (unpaired) electrons. The monoisotopic (exact) mass is 574 g/mol. The lowest BCUT2D eigenvalue weighted by molar-refractivity contribution is -0.141. The molecular weight excluding hydrogens is 543 g/mol. The Hall–Kier alpha value is -2.73. The van der Waals surface area contributed by atoms with Crippen molar-refractivity contribution in [2.75, 3.05) is 6.61 Å². The number of halogens is 3. The highest BCUT2D eigenvalue weighted by Gasteiger charge is 2.31. The van der Waals surface area contributed by atoms with Gasteiger partial charge in [0.2, 0.25) is 11.8 Å². The van der Waals surface area contributed by atoms with E-state index in [0.29, 0.717) is 40.3 Å². The van der Waals surface area contributed by atoms with Gasteiger partial charge in [0.1, 0.15) is 11.8 Å². The molecule has 0 saturated heterocycles. The van der Waals surface area contributed by atoms with Crippen LogP contribution < -0.4 is 10.1 Å². The summed E-state index contributed by atoms with van der Waals surface area (Å²) in [5.41, 5.74) is 1.68. The molecule has 8 heteroatoms. The van der Waals surface area contributed by atoms with Crippen molar-refractivity contribution in [3.8, 4) is 5.75 Å². The van der Waals surface area contributed by atoms with Gasteiger partial charge < -0.3 is 15.0 Å². The predicted octanol–water partition coefficient (Wildman–Crippen LogP) is 7.36. The predicted molar refractivity (Wildman–Crippen MR) is 155 cm³/mol. The Morgan fingerprint density at radius 3 is 2.29 bits per heavy atom. The van der Waals surface area contributed by atoms with E-state index in [0.717, 1.165) is 17.5 Å². The van der Waals surface area contributed by atoms with Crippen LogP contribution in [0, 0.1) is 0 Å². The summed E-state index contributed by atoms with van der Waals surface area (Å²) in [4.78, 5) is 28.8. The SMILES string of the molecule is CC[C@H](C)NC(=O)[C@H](Cc1ccccc1)N(Cc1ccc(Cl)cc1Cl)C(=O)CCCOc1ccc(Cl)cc1. The lowest BCUT2D eigenvalue weighted by Crippen LogP contribution is -2.52. The summed E-state index contributed by atoms with van der Waals surface area (Å²) in [6.07, 6.45) is 1.85. The Balaban J connectivity index is 1.82. The van der Waals surface area contributed by atoms with Crippen LogP contribution in [0.3, 0.4) is 0 Å². The third kappa shape index (κ3) is 9.23. The molecule has 3 aromatic carbocycles. The first-order valence-electron chi connectivity index (χ1n) is 12.7. The molecule has 0 spiro atoms. The highest BCUT2D eigenvalue weighted by molar-refractivity contribution is 6.35. The minimum Gasteiger partial charge on any atom is -0.494 e. The van der Waals surface area contributed by atoms with Gasteiger partial charge in [-0.25, -0.2) is 0 Å². The number of hydrogen-bond acceptors (Lipinski definition) is 3. The minimum atomic E-state index is -0.720. The number of benzene rings is 3. The fraction of sp³-hybridized carbons (Fsp3) is 0.333. The molecule has 0 aliphatic heterocycles. The molecule has 0 unspecified atom stereocenters. The molecule has 3 aromatic rings. The van der Waals surface area contributed by atoms with Gasteiger partial charge in [0.25, 0.3) is 0 Å². The molecule has 0 heterocycles. The van der Waals surface area contributed by atoms with E-state index in [1.54, 1.807) is 47.4 Å². The van der Waals surface area contributed by atoms with Gasteiger partial charge in [-0.1, -0.05) is 78.1 Å². The second-order valence-electron chi connectivity index (χ2n) is 9.19. The third-order valence-corrected chi connectivity index (χ3v) is 7.08. The average Bonchev–Trinajstić information content (AvgIpc) is 2.91. The largest absolute Gasteiger partial charge is 0.494 e. The molecule has 0 aromatic heterocycles. The topological polar surface area (TPSA) is 58.6 Å². The number of nitrogens with zero attached hydrogens (tertiary/aromatic N) is 1. The van der Waals surface area contributed by atoms with Crippen molar-refractivity contribution in [2.45, 2.75) is 58.2 Å². The van der Waals surface area contributed by atoms with Gasteiger partial charge in [-0.2, -0.15) is 0 Å². The first-order chi connectivity index (χ1) is 18.3. The van der Waals surface area contributed by atoms with Crippen LogP contribution in [-0.2, 0) is 22.6 Å². The summed E-state index contributed by atoms with van der Waals surface area (Å²) >= 11 is 18.5. The molecule has 0 saturated carbocycles. The van der Waals surface area contributed by atoms with E-state index >= 15 is 0 Å². The smallest absolute Gasteiger partial charge is 0.243 e. The Labute approximate surface area is 240 Å². The Bertz CT molecular complexity index is 1190. The van der Waals surface area contributed by atoms with E-state index in [1.165, 1.54) is 0 Å². The summed E-state index contributed by atoms with van der Waals surface area (Å²) in [5, 5.41) is 4.65. The van der Waals surface area contributed by atoms with E-state index in [9.17, 15) is 9.59 Å². The Kier molecular flexibility index (Phi) is 11.8. The Morgan fingerprint density at radius 2 is 1.63 bits per heavy atom. The highest BCUT2D eigenvalue weighted by Crippen LogP contribution is 2.25.